The lowest BCUT2D eigenvalue weighted by molar-refractivity contribution is -0.131. The first-order valence-corrected chi connectivity index (χ1v) is 5.82. The van der Waals surface area contributed by atoms with Crippen molar-refractivity contribution in [1.29, 1.82) is 0 Å². The van der Waals surface area contributed by atoms with Gasteiger partial charge in [-0.25, -0.2) is 4.79 Å². The smallest absolute Gasteiger partial charge is 0.328 e. The number of hydrogen-bond donors (Lipinski definition) is 2. The number of nitrogens with one attached hydrogen (secondary N) is 1. The van der Waals surface area contributed by atoms with Crippen molar-refractivity contribution in [2.24, 2.45) is 0 Å². The van der Waals surface area contributed by atoms with Gasteiger partial charge in [0.1, 0.15) is 0 Å². The van der Waals surface area contributed by atoms with Crippen LogP contribution in [0.25, 0.3) is 0 Å². The van der Waals surface area contributed by atoms with Crippen LogP contribution in [-0.2, 0) is 16.0 Å². The summed E-state index contributed by atoms with van der Waals surface area (Å²) in [6.07, 6.45) is 2.57. The first kappa shape index (κ1) is 13.4. The standard InChI is InChI=1S/C12H12BrNO3/c1-2-8-7-9(13)3-4-10(8)14-11(15)5-6-12(16)17/h3-7H,2H2,1H3,(H,14,15)(H,16,17)/b6-5+. The molecule has 1 aromatic carbocycles. The van der Waals surface area contributed by atoms with Crippen molar-refractivity contribution in [2.75, 3.05) is 5.32 Å². The summed E-state index contributed by atoms with van der Waals surface area (Å²) in [5.74, 6) is -1.60. The molecule has 0 spiro atoms. The minimum absolute atomic E-state index is 0.454. The lowest BCUT2D eigenvalue weighted by atomic mass is 10.1. The van der Waals surface area contributed by atoms with Gasteiger partial charge >= 0.3 is 5.97 Å². The van der Waals surface area contributed by atoms with Gasteiger partial charge in [0.25, 0.3) is 0 Å². The number of carboxylic acids is 1. The lowest BCUT2D eigenvalue weighted by Crippen LogP contribution is -2.10. The SMILES string of the molecule is CCc1cc(Br)ccc1NC(=O)/C=C/C(=O)O. The van der Waals surface area contributed by atoms with Crippen LogP contribution in [0.3, 0.4) is 0 Å². The zero-order valence-corrected chi connectivity index (χ0v) is 10.8. The fraction of sp³-hybridized carbons (Fsp3) is 0.167. The summed E-state index contributed by atoms with van der Waals surface area (Å²) in [4.78, 5) is 21.6. The zero-order valence-electron chi connectivity index (χ0n) is 9.24. The highest BCUT2D eigenvalue weighted by Gasteiger charge is 2.04. The minimum Gasteiger partial charge on any atom is -0.478 e. The van der Waals surface area contributed by atoms with Gasteiger partial charge in [0.2, 0.25) is 5.91 Å². The molecule has 1 rings (SSSR count). The van der Waals surface area contributed by atoms with Crippen LogP contribution >= 0.6 is 15.9 Å². The molecule has 0 aliphatic heterocycles. The van der Waals surface area contributed by atoms with Gasteiger partial charge in [0.05, 0.1) is 0 Å². The van der Waals surface area contributed by atoms with Gasteiger partial charge in [-0.05, 0) is 30.2 Å². The number of amides is 1. The summed E-state index contributed by atoms with van der Waals surface area (Å²) in [6, 6.07) is 5.50. The zero-order chi connectivity index (χ0) is 12.8. The summed E-state index contributed by atoms with van der Waals surface area (Å²) in [5.41, 5.74) is 1.67. The summed E-state index contributed by atoms with van der Waals surface area (Å²) in [6.45, 7) is 1.98. The highest BCUT2D eigenvalue weighted by molar-refractivity contribution is 9.10. The predicted octanol–water partition coefficient (Wildman–Crippen LogP) is 2.59. The van der Waals surface area contributed by atoms with Crippen LogP contribution in [0.5, 0.6) is 0 Å². The van der Waals surface area contributed by atoms with Crippen molar-refractivity contribution >= 4 is 33.5 Å². The van der Waals surface area contributed by atoms with Crippen molar-refractivity contribution in [2.45, 2.75) is 13.3 Å². The molecule has 0 unspecified atom stereocenters. The first-order chi connectivity index (χ1) is 8.02. The van der Waals surface area contributed by atoms with E-state index < -0.39 is 11.9 Å². The van der Waals surface area contributed by atoms with Crippen LogP contribution < -0.4 is 5.32 Å². The van der Waals surface area contributed by atoms with Crippen LogP contribution in [0.2, 0.25) is 0 Å². The molecular formula is C12H12BrNO3. The van der Waals surface area contributed by atoms with Crippen molar-refractivity contribution in [3.05, 3.63) is 40.4 Å². The van der Waals surface area contributed by atoms with Crippen LogP contribution in [0.15, 0.2) is 34.8 Å². The Morgan fingerprint density at radius 2 is 2.12 bits per heavy atom. The van der Waals surface area contributed by atoms with Crippen molar-refractivity contribution in [3.8, 4) is 0 Å². The predicted molar refractivity (Wildman–Crippen MR) is 68.9 cm³/mol. The summed E-state index contributed by atoms with van der Waals surface area (Å²) in [7, 11) is 0. The number of aliphatic carboxylic acids is 1. The second-order valence-electron chi connectivity index (χ2n) is 3.32. The Balaban J connectivity index is 2.81. The monoisotopic (exact) mass is 297 g/mol. The van der Waals surface area contributed by atoms with E-state index in [4.69, 9.17) is 5.11 Å². The van der Waals surface area contributed by atoms with E-state index >= 15 is 0 Å². The van der Waals surface area contributed by atoms with E-state index in [0.717, 1.165) is 28.6 Å². The summed E-state index contributed by atoms with van der Waals surface area (Å²) < 4.78 is 0.938. The Hall–Kier alpha value is -1.62. The molecule has 1 aromatic rings. The molecule has 0 atom stereocenters. The second kappa shape index (κ2) is 6.20. The topological polar surface area (TPSA) is 66.4 Å². The van der Waals surface area contributed by atoms with Crippen molar-refractivity contribution in [1.82, 2.24) is 0 Å². The Kier molecular flexibility index (Phi) is 4.90. The van der Waals surface area contributed by atoms with Crippen LogP contribution in [-0.4, -0.2) is 17.0 Å². The molecule has 17 heavy (non-hydrogen) atoms. The molecule has 2 N–H and O–H groups in total. The van der Waals surface area contributed by atoms with Crippen molar-refractivity contribution < 1.29 is 14.7 Å². The van der Waals surface area contributed by atoms with E-state index in [1.165, 1.54) is 0 Å². The van der Waals surface area contributed by atoms with E-state index in [-0.39, 0.29) is 0 Å². The van der Waals surface area contributed by atoms with Crippen LogP contribution in [0.1, 0.15) is 12.5 Å². The normalized spacial score (nSPS) is 10.5. The molecule has 90 valence electrons. The van der Waals surface area contributed by atoms with Gasteiger partial charge < -0.3 is 10.4 Å². The maximum atomic E-state index is 11.4. The summed E-state index contributed by atoms with van der Waals surface area (Å²) >= 11 is 3.35. The number of halogens is 1. The number of anilines is 1. The number of rotatable bonds is 4. The number of hydrogen-bond acceptors (Lipinski definition) is 2. The number of aryl methyl sites for hydroxylation is 1. The van der Waals surface area contributed by atoms with Gasteiger partial charge in [0.15, 0.2) is 0 Å². The van der Waals surface area contributed by atoms with Gasteiger partial charge in [0, 0.05) is 22.3 Å². The van der Waals surface area contributed by atoms with Crippen LogP contribution in [0, 0.1) is 0 Å². The second-order valence-corrected chi connectivity index (χ2v) is 4.23. The molecule has 5 heteroatoms. The molecule has 1 amide bonds. The van der Waals surface area contributed by atoms with Crippen LogP contribution in [0.4, 0.5) is 5.69 Å². The van der Waals surface area contributed by atoms with E-state index in [2.05, 4.69) is 21.2 Å². The Labute approximate surface area is 107 Å². The molecule has 0 aliphatic rings. The molecule has 0 aliphatic carbocycles. The fourth-order valence-electron chi connectivity index (χ4n) is 1.30. The number of benzene rings is 1. The number of carboxylic acid groups (broad SMARTS) is 1. The highest BCUT2D eigenvalue weighted by atomic mass is 79.9. The van der Waals surface area contributed by atoms with E-state index in [1.54, 1.807) is 6.07 Å². The van der Waals surface area contributed by atoms with E-state index in [1.807, 2.05) is 19.1 Å². The maximum Gasteiger partial charge on any atom is 0.328 e. The molecule has 0 heterocycles. The third kappa shape index (κ3) is 4.40. The molecular weight excluding hydrogens is 286 g/mol. The highest BCUT2D eigenvalue weighted by Crippen LogP contribution is 2.21. The lowest BCUT2D eigenvalue weighted by Gasteiger charge is -2.08. The quantitative estimate of drug-likeness (QED) is 0.840. The van der Waals surface area contributed by atoms with Gasteiger partial charge in [-0.1, -0.05) is 22.9 Å². The third-order valence-corrected chi connectivity index (χ3v) is 2.58. The Bertz CT molecular complexity index is 469. The summed E-state index contributed by atoms with van der Waals surface area (Å²) in [5, 5.41) is 11.0. The maximum absolute atomic E-state index is 11.4. The minimum atomic E-state index is -1.15. The van der Waals surface area contributed by atoms with Gasteiger partial charge in [-0.15, -0.1) is 0 Å². The van der Waals surface area contributed by atoms with Crippen molar-refractivity contribution in [3.63, 3.8) is 0 Å². The molecule has 0 saturated heterocycles. The molecule has 0 fully saturated rings. The average Bonchev–Trinajstić information content (AvgIpc) is 2.28. The molecule has 0 saturated carbocycles. The molecule has 4 nitrogen and oxygen atoms in total. The number of carbonyl (C=O) groups is 2. The molecule has 0 aromatic heterocycles. The van der Waals surface area contributed by atoms with Gasteiger partial charge in [-0.3, -0.25) is 4.79 Å². The first-order valence-electron chi connectivity index (χ1n) is 5.03. The fourth-order valence-corrected chi connectivity index (χ4v) is 1.71. The largest absolute Gasteiger partial charge is 0.478 e. The van der Waals surface area contributed by atoms with E-state index in [0.29, 0.717) is 5.69 Å². The Morgan fingerprint density at radius 1 is 1.41 bits per heavy atom. The molecule has 0 radical (unpaired) electrons. The number of carbonyl (C=O) groups excluding carboxylic acids is 1. The van der Waals surface area contributed by atoms with Gasteiger partial charge in [-0.2, -0.15) is 0 Å². The van der Waals surface area contributed by atoms with E-state index in [9.17, 15) is 9.59 Å². The third-order valence-electron chi connectivity index (χ3n) is 2.08. The molecule has 0 bridgehead atoms. The Morgan fingerprint density at radius 3 is 2.71 bits per heavy atom. The average molecular weight is 298 g/mol.